The number of fused-ring (bicyclic) bond motifs is 1. The summed E-state index contributed by atoms with van der Waals surface area (Å²) in [4.78, 5) is 4.53. The Kier molecular flexibility index (Phi) is 4.13. The third-order valence-electron chi connectivity index (χ3n) is 2.85. The van der Waals surface area contributed by atoms with Crippen LogP contribution in [0.4, 0.5) is 0 Å². The summed E-state index contributed by atoms with van der Waals surface area (Å²) in [7, 11) is 0. The van der Waals surface area contributed by atoms with E-state index < -0.39 is 6.10 Å². The van der Waals surface area contributed by atoms with E-state index in [2.05, 4.69) is 27.8 Å². The molecule has 1 unspecified atom stereocenters. The molecule has 2 aromatic rings. The van der Waals surface area contributed by atoms with Gasteiger partial charge in [0, 0.05) is 9.86 Å². The van der Waals surface area contributed by atoms with Gasteiger partial charge in [-0.05, 0) is 34.5 Å². The molecule has 0 bridgehead atoms. The predicted molar refractivity (Wildman–Crippen MR) is 73.9 cm³/mol. The van der Waals surface area contributed by atoms with E-state index in [0.29, 0.717) is 0 Å². The van der Waals surface area contributed by atoms with Crippen LogP contribution < -0.4 is 0 Å². The first-order chi connectivity index (χ1) is 8.22. The molecule has 0 saturated heterocycles. The fourth-order valence-electron chi connectivity index (χ4n) is 1.87. The zero-order valence-corrected chi connectivity index (χ0v) is 11.4. The molecule has 3 heteroatoms. The molecule has 1 heterocycles. The Morgan fingerprint density at radius 2 is 2.12 bits per heavy atom. The average molecular weight is 294 g/mol. The molecule has 1 atom stereocenters. The highest BCUT2D eigenvalue weighted by atomic mass is 79.9. The van der Waals surface area contributed by atoms with E-state index in [1.54, 1.807) is 0 Å². The largest absolute Gasteiger partial charge is 0.387 e. The van der Waals surface area contributed by atoms with Crippen LogP contribution in [0.3, 0.4) is 0 Å². The maximum Gasteiger partial charge on any atom is 0.0971 e. The lowest BCUT2D eigenvalue weighted by atomic mass is 10.1. The standard InChI is InChI=1S/C14H16BrNO/c1-2-3-8-13(17)14-11(15)9-10-6-4-5-7-12(10)16-14/h4-7,9,13,17H,2-3,8H2,1H3. The molecular weight excluding hydrogens is 278 g/mol. The lowest BCUT2D eigenvalue weighted by Crippen LogP contribution is -2.02. The molecule has 1 N–H and O–H groups in total. The first kappa shape index (κ1) is 12.5. The average Bonchev–Trinajstić information content (AvgIpc) is 2.35. The highest BCUT2D eigenvalue weighted by Crippen LogP contribution is 2.28. The molecule has 2 nitrogen and oxygen atoms in total. The van der Waals surface area contributed by atoms with Crippen molar-refractivity contribution < 1.29 is 5.11 Å². The molecule has 0 aliphatic rings. The van der Waals surface area contributed by atoms with Gasteiger partial charge in [-0.3, -0.25) is 0 Å². The fourth-order valence-corrected chi connectivity index (χ4v) is 2.47. The number of hydrogen-bond acceptors (Lipinski definition) is 2. The monoisotopic (exact) mass is 293 g/mol. The summed E-state index contributed by atoms with van der Waals surface area (Å²) in [6.07, 6.45) is 2.39. The summed E-state index contributed by atoms with van der Waals surface area (Å²) >= 11 is 3.49. The van der Waals surface area contributed by atoms with Crippen molar-refractivity contribution in [1.82, 2.24) is 4.98 Å². The van der Waals surface area contributed by atoms with Crippen molar-refractivity contribution in [3.63, 3.8) is 0 Å². The maximum absolute atomic E-state index is 10.1. The molecule has 1 aromatic heterocycles. The molecule has 0 saturated carbocycles. The number of unbranched alkanes of at least 4 members (excludes halogenated alkanes) is 1. The number of aliphatic hydroxyl groups excluding tert-OH is 1. The smallest absolute Gasteiger partial charge is 0.0971 e. The number of hydrogen-bond donors (Lipinski definition) is 1. The lowest BCUT2D eigenvalue weighted by molar-refractivity contribution is 0.159. The van der Waals surface area contributed by atoms with E-state index in [4.69, 9.17) is 0 Å². The Hall–Kier alpha value is -0.930. The minimum absolute atomic E-state index is 0.478. The highest BCUT2D eigenvalue weighted by molar-refractivity contribution is 9.10. The third-order valence-corrected chi connectivity index (χ3v) is 3.49. The molecule has 0 aliphatic heterocycles. The van der Waals surface area contributed by atoms with Crippen LogP contribution in [0.15, 0.2) is 34.8 Å². The van der Waals surface area contributed by atoms with Crippen molar-refractivity contribution in [2.24, 2.45) is 0 Å². The molecule has 0 aliphatic carbocycles. The molecule has 0 fully saturated rings. The van der Waals surface area contributed by atoms with Gasteiger partial charge >= 0.3 is 0 Å². The fraction of sp³-hybridized carbons (Fsp3) is 0.357. The maximum atomic E-state index is 10.1. The van der Waals surface area contributed by atoms with E-state index in [1.807, 2.05) is 30.3 Å². The molecule has 90 valence electrons. The lowest BCUT2D eigenvalue weighted by Gasteiger charge is -2.12. The van der Waals surface area contributed by atoms with Crippen molar-refractivity contribution in [1.29, 1.82) is 0 Å². The molecule has 1 aromatic carbocycles. The van der Waals surface area contributed by atoms with E-state index in [0.717, 1.165) is 40.3 Å². The molecule has 0 radical (unpaired) electrons. The normalized spacial score (nSPS) is 12.9. The van der Waals surface area contributed by atoms with Crippen LogP contribution in [0.5, 0.6) is 0 Å². The second kappa shape index (κ2) is 5.61. The van der Waals surface area contributed by atoms with Crippen LogP contribution in [0.25, 0.3) is 10.9 Å². The quantitative estimate of drug-likeness (QED) is 0.915. The van der Waals surface area contributed by atoms with Gasteiger partial charge in [0.25, 0.3) is 0 Å². The summed E-state index contributed by atoms with van der Waals surface area (Å²) in [5.74, 6) is 0. The highest BCUT2D eigenvalue weighted by Gasteiger charge is 2.13. The van der Waals surface area contributed by atoms with Gasteiger partial charge in [0.1, 0.15) is 0 Å². The van der Waals surface area contributed by atoms with Crippen molar-refractivity contribution in [3.8, 4) is 0 Å². The topological polar surface area (TPSA) is 33.1 Å². The summed E-state index contributed by atoms with van der Waals surface area (Å²) < 4.78 is 0.889. The minimum atomic E-state index is -0.478. The first-order valence-electron chi connectivity index (χ1n) is 5.95. The number of para-hydroxylation sites is 1. The molecule has 17 heavy (non-hydrogen) atoms. The van der Waals surface area contributed by atoms with E-state index in [-0.39, 0.29) is 0 Å². The second-order valence-corrected chi connectivity index (χ2v) is 5.06. The molecule has 0 spiro atoms. The van der Waals surface area contributed by atoms with Crippen LogP contribution in [-0.2, 0) is 0 Å². The minimum Gasteiger partial charge on any atom is -0.387 e. The molecule has 2 rings (SSSR count). The van der Waals surface area contributed by atoms with Crippen molar-refractivity contribution in [3.05, 3.63) is 40.5 Å². The number of aliphatic hydroxyl groups is 1. The second-order valence-electron chi connectivity index (χ2n) is 4.21. The Labute approximate surface area is 110 Å². The van der Waals surface area contributed by atoms with Crippen LogP contribution >= 0.6 is 15.9 Å². The van der Waals surface area contributed by atoms with Gasteiger partial charge in [0.05, 0.1) is 17.3 Å². The van der Waals surface area contributed by atoms with Crippen molar-refractivity contribution in [2.45, 2.75) is 32.3 Å². The zero-order chi connectivity index (χ0) is 12.3. The Morgan fingerprint density at radius 3 is 2.88 bits per heavy atom. The van der Waals surface area contributed by atoms with E-state index >= 15 is 0 Å². The third kappa shape index (κ3) is 2.85. The van der Waals surface area contributed by atoms with Gasteiger partial charge < -0.3 is 5.11 Å². The summed E-state index contributed by atoms with van der Waals surface area (Å²) in [5, 5.41) is 11.2. The Morgan fingerprint density at radius 1 is 1.35 bits per heavy atom. The van der Waals surface area contributed by atoms with Gasteiger partial charge in [0.2, 0.25) is 0 Å². The Bertz CT molecular complexity index is 513. The van der Waals surface area contributed by atoms with Crippen LogP contribution in [0.1, 0.15) is 38.0 Å². The summed E-state index contributed by atoms with van der Waals surface area (Å²) in [6.45, 7) is 2.12. The van der Waals surface area contributed by atoms with Crippen LogP contribution in [0.2, 0.25) is 0 Å². The number of benzene rings is 1. The van der Waals surface area contributed by atoms with Gasteiger partial charge in [-0.1, -0.05) is 38.0 Å². The Balaban J connectivity index is 2.36. The predicted octanol–water partition coefficient (Wildman–Crippen LogP) is 4.22. The number of aromatic nitrogens is 1. The SMILES string of the molecule is CCCCC(O)c1nc2ccccc2cc1Br. The number of rotatable bonds is 4. The zero-order valence-electron chi connectivity index (χ0n) is 9.86. The van der Waals surface area contributed by atoms with Crippen molar-refractivity contribution >= 4 is 26.8 Å². The van der Waals surface area contributed by atoms with E-state index in [9.17, 15) is 5.11 Å². The van der Waals surface area contributed by atoms with Gasteiger partial charge in [-0.2, -0.15) is 0 Å². The van der Waals surface area contributed by atoms with Gasteiger partial charge in [-0.15, -0.1) is 0 Å². The summed E-state index contributed by atoms with van der Waals surface area (Å²) in [6, 6.07) is 9.97. The molecular formula is C14H16BrNO. The van der Waals surface area contributed by atoms with Crippen molar-refractivity contribution in [2.75, 3.05) is 0 Å². The van der Waals surface area contributed by atoms with Crippen LogP contribution in [0, 0.1) is 0 Å². The van der Waals surface area contributed by atoms with E-state index in [1.165, 1.54) is 0 Å². The molecule has 0 amide bonds. The van der Waals surface area contributed by atoms with Gasteiger partial charge in [-0.25, -0.2) is 4.98 Å². The number of nitrogens with zero attached hydrogens (tertiary/aromatic N) is 1. The number of pyridine rings is 1. The number of halogens is 1. The van der Waals surface area contributed by atoms with Crippen LogP contribution in [-0.4, -0.2) is 10.1 Å². The first-order valence-corrected chi connectivity index (χ1v) is 6.75. The van der Waals surface area contributed by atoms with Gasteiger partial charge in [0.15, 0.2) is 0 Å². The summed E-state index contributed by atoms with van der Waals surface area (Å²) in [5.41, 5.74) is 1.68.